The minimum atomic E-state index is -3.26. The molecule has 1 fully saturated rings. The fourth-order valence-corrected chi connectivity index (χ4v) is 3.25. The maximum atomic E-state index is 11.9. The molecular weight excluding hydrogens is 244 g/mol. The number of methoxy groups -OCH3 is 1. The highest BCUT2D eigenvalue weighted by atomic mass is 32.2. The maximum absolute atomic E-state index is 11.9. The van der Waals surface area contributed by atoms with Crippen LogP contribution in [-0.4, -0.2) is 57.7 Å². The van der Waals surface area contributed by atoms with Crippen LogP contribution in [0.25, 0.3) is 0 Å². The molecule has 7 heteroatoms. The van der Waals surface area contributed by atoms with Crippen LogP contribution in [0.2, 0.25) is 0 Å². The highest BCUT2D eigenvalue weighted by Crippen LogP contribution is 2.12. The Morgan fingerprint density at radius 2 is 2.24 bits per heavy atom. The van der Waals surface area contributed by atoms with Crippen molar-refractivity contribution in [2.75, 3.05) is 33.0 Å². The molecule has 1 aliphatic rings. The van der Waals surface area contributed by atoms with Gasteiger partial charge in [-0.3, -0.25) is 4.79 Å². The third-order valence-electron chi connectivity index (χ3n) is 3.00. The molecule has 1 saturated heterocycles. The van der Waals surface area contributed by atoms with Crippen molar-refractivity contribution >= 4 is 16.0 Å². The lowest BCUT2D eigenvalue weighted by Gasteiger charge is -2.22. The van der Waals surface area contributed by atoms with Gasteiger partial charge in [0.25, 0.3) is 0 Å². The number of nitrogens with zero attached hydrogens (tertiary/aromatic N) is 1. The van der Waals surface area contributed by atoms with E-state index in [1.165, 1.54) is 11.4 Å². The Hall–Kier alpha value is -0.660. The highest BCUT2D eigenvalue weighted by Gasteiger charge is 2.28. The van der Waals surface area contributed by atoms with Gasteiger partial charge >= 0.3 is 5.97 Å². The van der Waals surface area contributed by atoms with Gasteiger partial charge in [-0.05, 0) is 19.4 Å². The monoisotopic (exact) mass is 264 g/mol. The summed E-state index contributed by atoms with van der Waals surface area (Å²) in [4.78, 5) is 10.9. The first-order chi connectivity index (χ1) is 7.97. The number of sulfonamides is 1. The minimum Gasteiger partial charge on any atom is -0.469 e. The standard InChI is InChI=1S/C10H20N2O4S/c1-12(9-5-6-11-8-9)17(14,15)7-3-4-10(13)16-2/h9,11H,3-8H2,1-2H3. The molecule has 0 radical (unpaired) electrons. The number of ether oxygens (including phenoxy) is 1. The molecule has 0 bridgehead atoms. The zero-order valence-electron chi connectivity index (χ0n) is 10.3. The van der Waals surface area contributed by atoms with E-state index in [4.69, 9.17) is 0 Å². The summed E-state index contributed by atoms with van der Waals surface area (Å²) in [5.41, 5.74) is 0. The first-order valence-electron chi connectivity index (χ1n) is 5.70. The Bertz CT molecular complexity index is 349. The number of likely N-dealkylation sites (N-methyl/N-ethyl adjacent to an activating group) is 1. The molecule has 1 aliphatic heterocycles. The SMILES string of the molecule is COC(=O)CCCS(=O)(=O)N(C)C1CCNC1. The molecule has 1 unspecified atom stereocenters. The van der Waals surface area contributed by atoms with Crippen LogP contribution in [-0.2, 0) is 19.6 Å². The number of hydrogen-bond acceptors (Lipinski definition) is 5. The second-order valence-electron chi connectivity index (χ2n) is 4.16. The van der Waals surface area contributed by atoms with Gasteiger partial charge in [0.05, 0.1) is 12.9 Å². The average molecular weight is 264 g/mol. The summed E-state index contributed by atoms with van der Waals surface area (Å²) in [6, 6.07) is 0.0399. The van der Waals surface area contributed by atoms with Crippen LogP contribution in [0.3, 0.4) is 0 Å². The molecule has 0 aliphatic carbocycles. The Morgan fingerprint density at radius 3 is 2.76 bits per heavy atom. The van der Waals surface area contributed by atoms with Gasteiger partial charge in [0.2, 0.25) is 10.0 Å². The van der Waals surface area contributed by atoms with E-state index in [0.29, 0.717) is 13.0 Å². The average Bonchev–Trinajstić information content (AvgIpc) is 2.80. The molecule has 1 N–H and O–H groups in total. The van der Waals surface area contributed by atoms with Crippen LogP contribution >= 0.6 is 0 Å². The molecule has 1 heterocycles. The van der Waals surface area contributed by atoms with Crippen molar-refractivity contribution < 1.29 is 17.9 Å². The van der Waals surface area contributed by atoms with Gasteiger partial charge in [-0.1, -0.05) is 0 Å². The first-order valence-corrected chi connectivity index (χ1v) is 7.31. The molecule has 1 rings (SSSR count). The summed E-state index contributed by atoms with van der Waals surface area (Å²) in [7, 11) is -0.361. The van der Waals surface area contributed by atoms with Crippen molar-refractivity contribution in [1.82, 2.24) is 9.62 Å². The molecule has 0 amide bonds. The molecule has 6 nitrogen and oxygen atoms in total. The smallest absolute Gasteiger partial charge is 0.305 e. The lowest BCUT2D eigenvalue weighted by atomic mass is 10.3. The summed E-state index contributed by atoms with van der Waals surface area (Å²) in [5, 5.41) is 3.13. The van der Waals surface area contributed by atoms with E-state index >= 15 is 0 Å². The van der Waals surface area contributed by atoms with Crippen molar-refractivity contribution in [3.63, 3.8) is 0 Å². The molecule has 0 saturated carbocycles. The summed E-state index contributed by atoms with van der Waals surface area (Å²) in [6.45, 7) is 1.55. The molecule has 17 heavy (non-hydrogen) atoms. The highest BCUT2D eigenvalue weighted by molar-refractivity contribution is 7.89. The van der Waals surface area contributed by atoms with Gasteiger partial charge in [-0.15, -0.1) is 0 Å². The largest absolute Gasteiger partial charge is 0.469 e. The quantitative estimate of drug-likeness (QED) is 0.658. The number of rotatable bonds is 6. The predicted molar refractivity (Wildman–Crippen MR) is 64.1 cm³/mol. The summed E-state index contributed by atoms with van der Waals surface area (Å²) in [6.07, 6.45) is 1.29. The van der Waals surface area contributed by atoms with Gasteiger partial charge < -0.3 is 10.1 Å². The molecule has 0 spiro atoms. The second-order valence-corrected chi connectivity index (χ2v) is 6.31. The van der Waals surface area contributed by atoms with Crippen LogP contribution in [0, 0.1) is 0 Å². The van der Waals surface area contributed by atoms with Gasteiger partial charge in [-0.2, -0.15) is 0 Å². The van der Waals surface area contributed by atoms with Crippen molar-refractivity contribution in [3.8, 4) is 0 Å². The van der Waals surface area contributed by atoms with Gasteiger partial charge in [0, 0.05) is 26.1 Å². The number of carbonyl (C=O) groups is 1. The molecule has 100 valence electrons. The van der Waals surface area contributed by atoms with Gasteiger partial charge in [0.15, 0.2) is 0 Å². The molecule has 1 atom stereocenters. The van der Waals surface area contributed by atoms with E-state index in [-0.39, 0.29) is 24.2 Å². The topological polar surface area (TPSA) is 75.7 Å². The van der Waals surface area contributed by atoms with E-state index in [0.717, 1.165) is 13.0 Å². The van der Waals surface area contributed by atoms with Crippen LogP contribution < -0.4 is 5.32 Å². The van der Waals surface area contributed by atoms with Crippen molar-refractivity contribution in [2.45, 2.75) is 25.3 Å². The molecule has 0 aromatic carbocycles. The second kappa shape index (κ2) is 6.32. The Labute approximate surface area is 102 Å². The lowest BCUT2D eigenvalue weighted by molar-refractivity contribution is -0.140. The van der Waals surface area contributed by atoms with Gasteiger partial charge in [0.1, 0.15) is 0 Å². The third-order valence-corrected chi connectivity index (χ3v) is 4.98. The van der Waals surface area contributed by atoms with E-state index in [9.17, 15) is 13.2 Å². The molecule has 0 aromatic rings. The van der Waals surface area contributed by atoms with Crippen molar-refractivity contribution in [2.24, 2.45) is 0 Å². The maximum Gasteiger partial charge on any atom is 0.305 e. The van der Waals surface area contributed by atoms with Crippen LogP contribution in [0.1, 0.15) is 19.3 Å². The number of hydrogen-bond donors (Lipinski definition) is 1. The Morgan fingerprint density at radius 1 is 1.53 bits per heavy atom. The molecular formula is C10H20N2O4S. The fraction of sp³-hybridized carbons (Fsp3) is 0.900. The van der Waals surface area contributed by atoms with E-state index in [2.05, 4.69) is 10.1 Å². The Kier molecular flexibility index (Phi) is 5.35. The predicted octanol–water partition coefficient (Wildman–Crippen LogP) is -0.437. The Balaban J connectivity index is 2.41. The van der Waals surface area contributed by atoms with Gasteiger partial charge in [-0.25, -0.2) is 12.7 Å². The number of nitrogens with one attached hydrogen (secondary N) is 1. The zero-order chi connectivity index (χ0) is 12.9. The summed E-state index contributed by atoms with van der Waals surface area (Å²) in [5.74, 6) is -0.375. The molecule has 0 aromatic heterocycles. The van der Waals surface area contributed by atoms with E-state index < -0.39 is 10.0 Å². The van der Waals surface area contributed by atoms with E-state index in [1.54, 1.807) is 7.05 Å². The summed E-state index contributed by atoms with van der Waals surface area (Å²) >= 11 is 0. The minimum absolute atomic E-state index is 0.00486. The summed E-state index contributed by atoms with van der Waals surface area (Å²) < 4.78 is 29.8. The zero-order valence-corrected chi connectivity index (χ0v) is 11.1. The third kappa shape index (κ3) is 4.25. The van der Waals surface area contributed by atoms with Crippen LogP contribution in [0.4, 0.5) is 0 Å². The van der Waals surface area contributed by atoms with Crippen LogP contribution in [0.15, 0.2) is 0 Å². The number of esters is 1. The van der Waals surface area contributed by atoms with Crippen LogP contribution in [0.5, 0.6) is 0 Å². The van der Waals surface area contributed by atoms with E-state index in [1.807, 2.05) is 0 Å². The fourth-order valence-electron chi connectivity index (χ4n) is 1.82. The first kappa shape index (κ1) is 14.4. The number of carbonyl (C=O) groups excluding carboxylic acids is 1. The lowest BCUT2D eigenvalue weighted by Crippen LogP contribution is -2.39. The van der Waals surface area contributed by atoms with Crippen molar-refractivity contribution in [1.29, 1.82) is 0 Å². The van der Waals surface area contributed by atoms with Crippen molar-refractivity contribution in [3.05, 3.63) is 0 Å². The normalized spacial score (nSPS) is 20.8.